The lowest BCUT2D eigenvalue weighted by Crippen LogP contribution is -2.33. The molecule has 5 rings (SSSR count). The lowest BCUT2D eigenvalue weighted by molar-refractivity contribution is 0.410. The van der Waals surface area contributed by atoms with Crippen LogP contribution in [0.1, 0.15) is 57.4 Å². The standard InChI is InChI=1S/C22H29ClN8/c23-17-7-3-4-8-18(17)29-30-20-19-21(31(13-25-19)16-5-1-2-6-16)28-22(27-20)26-15-11-9-14(24)10-12-15/h3-4,7-8,13-16,29H,1-2,5-6,9-12,24H2,(H2,26,27,28,30). The van der Waals surface area contributed by atoms with Crippen LogP contribution in [-0.2, 0) is 0 Å². The highest BCUT2D eigenvalue weighted by molar-refractivity contribution is 6.33. The maximum Gasteiger partial charge on any atom is 0.227 e. The Hall–Kier alpha value is -2.58. The van der Waals surface area contributed by atoms with Gasteiger partial charge in [0.2, 0.25) is 5.95 Å². The van der Waals surface area contributed by atoms with Crippen LogP contribution in [-0.4, -0.2) is 31.6 Å². The maximum atomic E-state index is 6.29. The summed E-state index contributed by atoms with van der Waals surface area (Å²) in [4.78, 5) is 14.3. The first kappa shape index (κ1) is 20.3. The molecule has 8 nitrogen and oxygen atoms in total. The number of hydrazine groups is 1. The summed E-state index contributed by atoms with van der Waals surface area (Å²) in [5, 5.41) is 4.17. The molecule has 3 aromatic rings. The summed E-state index contributed by atoms with van der Waals surface area (Å²) in [6.45, 7) is 0. The number of nitrogens with one attached hydrogen (secondary N) is 3. The van der Waals surface area contributed by atoms with Gasteiger partial charge in [-0.1, -0.05) is 36.6 Å². The van der Waals surface area contributed by atoms with E-state index in [9.17, 15) is 0 Å². The Morgan fingerprint density at radius 1 is 0.968 bits per heavy atom. The Labute approximate surface area is 187 Å². The van der Waals surface area contributed by atoms with E-state index in [0.29, 0.717) is 34.9 Å². The highest BCUT2D eigenvalue weighted by Gasteiger charge is 2.24. The first-order chi connectivity index (χ1) is 15.2. The van der Waals surface area contributed by atoms with Gasteiger partial charge < -0.3 is 15.6 Å². The van der Waals surface area contributed by atoms with Gasteiger partial charge >= 0.3 is 0 Å². The van der Waals surface area contributed by atoms with Gasteiger partial charge in [0.15, 0.2) is 17.0 Å². The summed E-state index contributed by atoms with van der Waals surface area (Å²) in [6, 6.07) is 8.68. The molecule has 31 heavy (non-hydrogen) atoms. The second-order valence-corrected chi connectivity index (χ2v) is 9.05. The molecule has 0 radical (unpaired) electrons. The fourth-order valence-corrected chi connectivity index (χ4v) is 4.84. The first-order valence-electron chi connectivity index (χ1n) is 11.2. The average molecular weight is 441 g/mol. The highest BCUT2D eigenvalue weighted by Crippen LogP contribution is 2.33. The molecule has 164 valence electrons. The predicted molar refractivity (Wildman–Crippen MR) is 125 cm³/mol. The van der Waals surface area contributed by atoms with E-state index in [2.05, 4.69) is 25.7 Å². The van der Waals surface area contributed by atoms with Gasteiger partial charge in [-0.05, 0) is 50.7 Å². The van der Waals surface area contributed by atoms with Crippen LogP contribution in [0.5, 0.6) is 0 Å². The molecular weight excluding hydrogens is 412 g/mol. The molecule has 2 saturated carbocycles. The van der Waals surface area contributed by atoms with Crippen LogP contribution in [0.25, 0.3) is 11.2 Å². The minimum absolute atomic E-state index is 0.308. The summed E-state index contributed by atoms with van der Waals surface area (Å²) in [5.74, 6) is 1.26. The van der Waals surface area contributed by atoms with Crippen LogP contribution in [0.4, 0.5) is 17.5 Å². The zero-order valence-corrected chi connectivity index (χ0v) is 18.3. The Morgan fingerprint density at radius 2 is 1.74 bits per heavy atom. The summed E-state index contributed by atoms with van der Waals surface area (Å²) in [6.07, 6.45) is 10.9. The topological polar surface area (TPSA) is 106 Å². The number of fused-ring (bicyclic) bond motifs is 1. The smallest absolute Gasteiger partial charge is 0.227 e. The molecule has 2 heterocycles. The van der Waals surface area contributed by atoms with E-state index in [4.69, 9.17) is 27.3 Å². The molecule has 0 atom stereocenters. The lowest BCUT2D eigenvalue weighted by atomic mass is 9.92. The Morgan fingerprint density at radius 3 is 2.52 bits per heavy atom. The highest BCUT2D eigenvalue weighted by atomic mass is 35.5. The number of nitrogens with zero attached hydrogens (tertiary/aromatic N) is 4. The number of hydrogen-bond acceptors (Lipinski definition) is 7. The van der Waals surface area contributed by atoms with E-state index >= 15 is 0 Å². The molecule has 0 unspecified atom stereocenters. The molecule has 9 heteroatoms. The number of para-hydroxylation sites is 1. The van der Waals surface area contributed by atoms with Crippen molar-refractivity contribution in [3.63, 3.8) is 0 Å². The van der Waals surface area contributed by atoms with E-state index in [1.807, 2.05) is 30.6 Å². The molecule has 0 saturated heterocycles. The summed E-state index contributed by atoms with van der Waals surface area (Å²) in [5.41, 5.74) is 14.8. The molecule has 2 aromatic heterocycles. The van der Waals surface area contributed by atoms with Crippen molar-refractivity contribution >= 4 is 40.2 Å². The number of nitrogens with two attached hydrogens (primary N) is 1. The van der Waals surface area contributed by atoms with Crippen molar-refractivity contribution in [3.05, 3.63) is 35.6 Å². The Kier molecular flexibility index (Phi) is 5.82. The van der Waals surface area contributed by atoms with E-state index in [1.165, 1.54) is 25.7 Å². The van der Waals surface area contributed by atoms with Crippen molar-refractivity contribution in [2.45, 2.75) is 69.5 Å². The number of halogens is 1. The zero-order chi connectivity index (χ0) is 21.2. The summed E-state index contributed by atoms with van der Waals surface area (Å²) < 4.78 is 2.21. The van der Waals surface area contributed by atoms with Gasteiger partial charge in [0.1, 0.15) is 0 Å². The largest absolute Gasteiger partial charge is 0.351 e. The van der Waals surface area contributed by atoms with Crippen LogP contribution in [0.3, 0.4) is 0 Å². The second kappa shape index (κ2) is 8.88. The van der Waals surface area contributed by atoms with Crippen molar-refractivity contribution in [2.75, 3.05) is 16.2 Å². The number of anilines is 3. The average Bonchev–Trinajstić information content (AvgIpc) is 3.44. The van der Waals surface area contributed by atoms with E-state index < -0.39 is 0 Å². The lowest BCUT2D eigenvalue weighted by Gasteiger charge is -2.27. The van der Waals surface area contributed by atoms with Crippen LogP contribution in [0.15, 0.2) is 30.6 Å². The zero-order valence-electron chi connectivity index (χ0n) is 17.5. The fraction of sp³-hybridized carbons (Fsp3) is 0.500. The minimum Gasteiger partial charge on any atom is -0.351 e. The number of aromatic nitrogens is 4. The van der Waals surface area contributed by atoms with Crippen molar-refractivity contribution < 1.29 is 0 Å². The van der Waals surface area contributed by atoms with Crippen molar-refractivity contribution in [3.8, 4) is 0 Å². The van der Waals surface area contributed by atoms with Crippen LogP contribution >= 0.6 is 11.6 Å². The summed E-state index contributed by atoms with van der Waals surface area (Å²) in [7, 11) is 0. The number of benzene rings is 1. The molecule has 2 aliphatic rings. The van der Waals surface area contributed by atoms with Gasteiger partial charge in [-0.3, -0.25) is 10.9 Å². The first-order valence-corrected chi connectivity index (χ1v) is 11.6. The minimum atomic E-state index is 0.308. The van der Waals surface area contributed by atoms with E-state index in [-0.39, 0.29) is 0 Å². The molecule has 0 aliphatic heterocycles. The normalized spacial score (nSPS) is 22.0. The van der Waals surface area contributed by atoms with Gasteiger partial charge in [-0.25, -0.2) is 4.98 Å². The molecular formula is C22H29ClN8. The molecule has 1 aromatic carbocycles. The van der Waals surface area contributed by atoms with E-state index in [1.54, 1.807) is 0 Å². The van der Waals surface area contributed by atoms with Gasteiger partial charge in [-0.15, -0.1) is 0 Å². The number of imidazole rings is 1. The number of hydrogen-bond donors (Lipinski definition) is 4. The molecule has 0 spiro atoms. The van der Waals surface area contributed by atoms with Crippen molar-refractivity contribution in [2.24, 2.45) is 5.73 Å². The van der Waals surface area contributed by atoms with Gasteiger partial charge in [0.05, 0.1) is 17.0 Å². The Balaban J connectivity index is 1.45. The third-order valence-corrected chi connectivity index (χ3v) is 6.76. The van der Waals surface area contributed by atoms with E-state index in [0.717, 1.165) is 42.5 Å². The molecule has 5 N–H and O–H groups in total. The van der Waals surface area contributed by atoms with Crippen molar-refractivity contribution in [1.29, 1.82) is 0 Å². The molecule has 0 bridgehead atoms. The summed E-state index contributed by atoms with van der Waals surface area (Å²) >= 11 is 6.29. The maximum absolute atomic E-state index is 6.29. The van der Waals surface area contributed by atoms with Crippen molar-refractivity contribution in [1.82, 2.24) is 19.5 Å². The third-order valence-electron chi connectivity index (χ3n) is 6.43. The predicted octanol–water partition coefficient (Wildman–Crippen LogP) is 4.72. The quantitative estimate of drug-likeness (QED) is 0.411. The molecule has 2 fully saturated rings. The SMILES string of the molecule is NC1CCC(Nc2nc(NNc3ccccc3Cl)c3ncn(C4CCCC4)c3n2)CC1. The van der Waals surface area contributed by atoms with Crippen LogP contribution in [0.2, 0.25) is 5.02 Å². The van der Waals surface area contributed by atoms with Gasteiger partial charge in [0.25, 0.3) is 0 Å². The Bertz CT molecular complexity index is 1040. The fourth-order valence-electron chi connectivity index (χ4n) is 4.65. The monoisotopic (exact) mass is 440 g/mol. The van der Waals surface area contributed by atoms with Crippen LogP contribution in [0, 0.1) is 0 Å². The van der Waals surface area contributed by atoms with Gasteiger partial charge in [0, 0.05) is 18.1 Å². The molecule has 0 amide bonds. The van der Waals surface area contributed by atoms with Gasteiger partial charge in [-0.2, -0.15) is 9.97 Å². The number of rotatable bonds is 6. The second-order valence-electron chi connectivity index (χ2n) is 8.64. The van der Waals surface area contributed by atoms with Crippen LogP contribution < -0.4 is 21.9 Å². The molecule has 2 aliphatic carbocycles. The third kappa shape index (κ3) is 4.41.